The zero-order valence-electron chi connectivity index (χ0n) is 17.3. The average molecular weight is 410 g/mol. The van der Waals surface area contributed by atoms with Crippen LogP contribution < -0.4 is 5.32 Å². The first kappa shape index (κ1) is 21.1. The van der Waals surface area contributed by atoms with E-state index in [0.717, 1.165) is 11.5 Å². The Morgan fingerprint density at radius 3 is 2.41 bits per heavy atom. The minimum absolute atomic E-state index is 0.0195. The molecule has 1 aromatic heterocycles. The molecule has 1 N–H and O–H groups in total. The molecule has 0 aliphatic carbocycles. The van der Waals surface area contributed by atoms with E-state index in [1.54, 1.807) is 0 Å². The lowest BCUT2D eigenvalue weighted by molar-refractivity contribution is -0.118. The molecular formula is C22H27N5OS. The molecule has 1 atom stereocenters. The number of hydrogen-bond donors (Lipinski definition) is 1. The third kappa shape index (κ3) is 5.46. The fourth-order valence-corrected chi connectivity index (χ4v) is 3.92. The van der Waals surface area contributed by atoms with Crippen LogP contribution in [0, 0.1) is 13.8 Å². The molecule has 1 amide bonds. The number of carbonyl (C=O) groups is 1. The number of amides is 1. The van der Waals surface area contributed by atoms with Crippen LogP contribution in [0.25, 0.3) is 5.69 Å². The Bertz CT molecular complexity index is 938. The molecule has 0 fully saturated rings. The molecule has 0 aliphatic heterocycles. The van der Waals surface area contributed by atoms with Crippen molar-refractivity contribution in [2.24, 2.45) is 0 Å². The zero-order chi connectivity index (χ0) is 20.8. The van der Waals surface area contributed by atoms with Gasteiger partial charge in [-0.1, -0.05) is 59.8 Å². The Hall–Kier alpha value is -2.64. The van der Waals surface area contributed by atoms with Gasteiger partial charge in [-0.05, 0) is 45.6 Å². The lowest BCUT2D eigenvalue weighted by Crippen LogP contribution is -2.35. The third-order valence-corrected chi connectivity index (χ3v) is 5.65. The van der Waals surface area contributed by atoms with Crippen LogP contribution in [0.2, 0.25) is 0 Å². The molecule has 1 heterocycles. The van der Waals surface area contributed by atoms with E-state index in [0.29, 0.717) is 17.5 Å². The summed E-state index contributed by atoms with van der Waals surface area (Å²) in [6, 6.07) is 18.5. The van der Waals surface area contributed by atoms with Crippen molar-refractivity contribution in [3.8, 4) is 5.69 Å². The molecule has 0 saturated carbocycles. The number of nitrogens with one attached hydrogen (secondary N) is 1. The van der Waals surface area contributed by atoms with E-state index in [-0.39, 0.29) is 11.9 Å². The standard InChI is InChI=1S/C22H27N5OS/c1-16-10-12-19(13-11-16)27-17(2)24-25-22(27)29-15-21(28)23-14-20(26(3)4)18-8-6-5-7-9-18/h5-13,20H,14-15H2,1-4H3,(H,23,28)/t20-/m0/s1. The Balaban J connectivity index is 1.61. The van der Waals surface area contributed by atoms with Crippen LogP contribution in [-0.2, 0) is 4.79 Å². The molecule has 0 aliphatic rings. The molecule has 3 aromatic rings. The summed E-state index contributed by atoms with van der Waals surface area (Å²) in [7, 11) is 4.04. The van der Waals surface area contributed by atoms with Crippen molar-refractivity contribution in [3.63, 3.8) is 0 Å². The molecule has 6 nitrogen and oxygen atoms in total. The van der Waals surface area contributed by atoms with Crippen molar-refractivity contribution < 1.29 is 4.79 Å². The minimum Gasteiger partial charge on any atom is -0.353 e. The van der Waals surface area contributed by atoms with Crippen LogP contribution in [0.4, 0.5) is 0 Å². The van der Waals surface area contributed by atoms with Gasteiger partial charge in [-0.25, -0.2) is 0 Å². The second kappa shape index (κ2) is 9.71. The molecule has 0 unspecified atom stereocenters. The van der Waals surface area contributed by atoms with Crippen molar-refractivity contribution in [1.29, 1.82) is 0 Å². The summed E-state index contributed by atoms with van der Waals surface area (Å²) < 4.78 is 1.98. The van der Waals surface area contributed by atoms with Gasteiger partial charge >= 0.3 is 0 Å². The molecular weight excluding hydrogens is 382 g/mol. The number of benzene rings is 2. The van der Waals surface area contributed by atoms with Gasteiger partial charge in [0.15, 0.2) is 5.16 Å². The number of carbonyl (C=O) groups excluding carboxylic acids is 1. The number of likely N-dealkylation sites (N-methyl/N-ethyl adjacent to an activating group) is 1. The quantitative estimate of drug-likeness (QED) is 0.578. The Morgan fingerprint density at radius 2 is 1.76 bits per heavy atom. The van der Waals surface area contributed by atoms with Crippen LogP contribution in [0.3, 0.4) is 0 Å². The van der Waals surface area contributed by atoms with Crippen LogP contribution in [-0.4, -0.2) is 52.0 Å². The van der Waals surface area contributed by atoms with Gasteiger partial charge in [0.1, 0.15) is 5.82 Å². The average Bonchev–Trinajstić information content (AvgIpc) is 3.08. The number of aryl methyl sites for hydroxylation is 2. The van der Waals surface area contributed by atoms with Crippen molar-refractivity contribution in [1.82, 2.24) is 25.0 Å². The van der Waals surface area contributed by atoms with E-state index in [2.05, 4.69) is 51.6 Å². The van der Waals surface area contributed by atoms with E-state index < -0.39 is 0 Å². The maximum atomic E-state index is 12.5. The second-order valence-corrected chi connectivity index (χ2v) is 8.13. The smallest absolute Gasteiger partial charge is 0.230 e. The number of rotatable bonds is 8. The SMILES string of the molecule is Cc1ccc(-n2c(C)nnc2SCC(=O)NC[C@@H](c2ccccc2)N(C)C)cc1. The lowest BCUT2D eigenvalue weighted by Gasteiger charge is -2.25. The van der Waals surface area contributed by atoms with E-state index in [1.165, 1.54) is 22.9 Å². The first-order chi connectivity index (χ1) is 14.0. The lowest BCUT2D eigenvalue weighted by atomic mass is 10.1. The normalized spacial score (nSPS) is 12.2. The maximum absolute atomic E-state index is 12.5. The highest BCUT2D eigenvalue weighted by Crippen LogP contribution is 2.22. The van der Waals surface area contributed by atoms with Crippen molar-refractivity contribution in [2.75, 3.05) is 26.4 Å². The van der Waals surface area contributed by atoms with Gasteiger partial charge in [-0.15, -0.1) is 10.2 Å². The fourth-order valence-electron chi connectivity index (χ4n) is 3.09. The molecule has 29 heavy (non-hydrogen) atoms. The molecule has 152 valence electrons. The number of aromatic nitrogens is 3. The topological polar surface area (TPSA) is 63.1 Å². The molecule has 0 bridgehead atoms. The first-order valence-corrected chi connectivity index (χ1v) is 10.5. The van der Waals surface area contributed by atoms with Gasteiger partial charge in [0.25, 0.3) is 0 Å². The molecule has 7 heteroatoms. The summed E-state index contributed by atoms with van der Waals surface area (Å²) in [5, 5.41) is 12.2. The van der Waals surface area contributed by atoms with Crippen LogP contribution in [0.15, 0.2) is 59.8 Å². The van der Waals surface area contributed by atoms with Gasteiger partial charge in [0.05, 0.1) is 11.8 Å². The second-order valence-electron chi connectivity index (χ2n) is 7.18. The zero-order valence-corrected chi connectivity index (χ0v) is 18.1. The van der Waals surface area contributed by atoms with Gasteiger partial charge < -0.3 is 10.2 Å². The third-order valence-electron chi connectivity index (χ3n) is 4.72. The Kier molecular flexibility index (Phi) is 7.06. The summed E-state index contributed by atoms with van der Waals surface area (Å²) in [6.45, 7) is 4.53. The summed E-state index contributed by atoms with van der Waals surface area (Å²) in [5.74, 6) is 1.07. The predicted octanol–water partition coefficient (Wildman–Crippen LogP) is 3.40. The highest BCUT2D eigenvalue weighted by molar-refractivity contribution is 7.99. The van der Waals surface area contributed by atoms with Gasteiger partial charge in [0.2, 0.25) is 5.91 Å². The molecule has 0 radical (unpaired) electrons. The molecule has 0 saturated heterocycles. The summed E-state index contributed by atoms with van der Waals surface area (Å²) in [6.07, 6.45) is 0. The largest absolute Gasteiger partial charge is 0.353 e. The summed E-state index contributed by atoms with van der Waals surface area (Å²) >= 11 is 1.39. The highest BCUT2D eigenvalue weighted by atomic mass is 32.2. The highest BCUT2D eigenvalue weighted by Gasteiger charge is 2.17. The van der Waals surface area contributed by atoms with Gasteiger partial charge in [-0.3, -0.25) is 9.36 Å². The van der Waals surface area contributed by atoms with E-state index in [1.807, 2.05) is 55.9 Å². The number of thioether (sulfide) groups is 1. The Morgan fingerprint density at radius 1 is 1.07 bits per heavy atom. The predicted molar refractivity (Wildman–Crippen MR) is 117 cm³/mol. The summed E-state index contributed by atoms with van der Waals surface area (Å²) in [4.78, 5) is 14.6. The van der Waals surface area contributed by atoms with Crippen molar-refractivity contribution >= 4 is 17.7 Å². The van der Waals surface area contributed by atoms with Crippen LogP contribution in [0.1, 0.15) is 23.0 Å². The van der Waals surface area contributed by atoms with E-state index >= 15 is 0 Å². The molecule has 2 aromatic carbocycles. The van der Waals surface area contributed by atoms with Crippen LogP contribution >= 0.6 is 11.8 Å². The number of hydrogen-bond acceptors (Lipinski definition) is 5. The minimum atomic E-state index is -0.0195. The van der Waals surface area contributed by atoms with E-state index in [4.69, 9.17) is 0 Å². The Labute approximate surface area is 176 Å². The number of nitrogens with zero attached hydrogens (tertiary/aromatic N) is 4. The molecule has 3 rings (SSSR count). The van der Waals surface area contributed by atoms with E-state index in [9.17, 15) is 4.79 Å². The molecule has 0 spiro atoms. The summed E-state index contributed by atoms with van der Waals surface area (Å²) in [5.41, 5.74) is 3.37. The van der Waals surface area contributed by atoms with Crippen molar-refractivity contribution in [3.05, 3.63) is 71.5 Å². The van der Waals surface area contributed by atoms with Gasteiger partial charge in [-0.2, -0.15) is 0 Å². The fraction of sp³-hybridized carbons (Fsp3) is 0.318. The van der Waals surface area contributed by atoms with Gasteiger partial charge in [0, 0.05) is 12.2 Å². The van der Waals surface area contributed by atoms with Crippen molar-refractivity contribution in [2.45, 2.75) is 25.0 Å². The monoisotopic (exact) mass is 409 g/mol. The first-order valence-electron chi connectivity index (χ1n) is 9.55. The maximum Gasteiger partial charge on any atom is 0.230 e. The van der Waals surface area contributed by atoms with Crippen LogP contribution in [0.5, 0.6) is 0 Å².